The van der Waals surface area contributed by atoms with Crippen LogP contribution in [-0.4, -0.2) is 14.8 Å². The van der Waals surface area contributed by atoms with Crippen molar-refractivity contribution in [3.05, 3.63) is 172 Å². The van der Waals surface area contributed by atoms with Gasteiger partial charge in [-0.05, 0) is 188 Å². The van der Waals surface area contributed by atoms with E-state index in [4.69, 9.17) is 4.42 Å². The number of anilines is 9. The average Bonchev–Trinajstić information content (AvgIpc) is 3.85. The summed E-state index contributed by atoms with van der Waals surface area (Å²) in [4.78, 5) is 7.83. The minimum atomic E-state index is -1.60. The molecule has 0 atom stereocenters. The van der Waals surface area contributed by atoms with Crippen LogP contribution in [0.5, 0.6) is 0 Å². The van der Waals surface area contributed by atoms with Gasteiger partial charge in [-0.15, -0.1) is 0 Å². The van der Waals surface area contributed by atoms with Crippen LogP contribution >= 0.6 is 0 Å². The first-order valence-electron chi connectivity index (χ1n) is 29.2. The number of fused-ring (bicyclic) bond motifs is 8. The topological polar surface area (TPSA) is 22.9 Å². The molecule has 7 aromatic carbocycles. The molecule has 4 nitrogen and oxygen atoms in total. The molecule has 0 unspecified atom stereocenters. The Hall–Kier alpha value is -6.24. The summed E-state index contributed by atoms with van der Waals surface area (Å²) in [6.07, 6.45) is 4.59. The number of para-hydroxylation sites is 1. The number of rotatable bonds is 6. The Labute approximate surface area is 469 Å². The van der Waals surface area contributed by atoms with E-state index in [-0.39, 0.29) is 39.2 Å². The molecule has 2 aliphatic heterocycles. The third-order valence-electron chi connectivity index (χ3n) is 19.1. The predicted octanol–water partition coefficient (Wildman–Crippen LogP) is 18.1. The van der Waals surface area contributed by atoms with Crippen molar-refractivity contribution < 1.29 is 4.42 Å². The van der Waals surface area contributed by atoms with E-state index in [0.717, 1.165) is 64.3 Å². The van der Waals surface area contributed by atoms with Gasteiger partial charge in [-0.25, -0.2) is 0 Å². The third kappa shape index (κ3) is 8.35. The third-order valence-corrected chi connectivity index (χ3v) is 21.2. The molecule has 400 valence electrons. The first-order valence-corrected chi connectivity index (χ1v) is 32.7. The second-order valence-corrected chi connectivity index (χ2v) is 34.8. The normalized spacial score (nSPS) is 17.7. The summed E-state index contributed by atoms with van der Waals surface area (Å²) in [5.41, 5.74) is 24.8. The summed E-state index contributed by atoms with van der Waals surface area (Å²) in [5, 5.41) is 2.60. The van der Waals surface area contributed by atoms with Crippen LogP contribution < -0.4 is 36.5 Å². The number of benzene rings is 7. The maximum absolute atomic E-state index is 7.61. The highest BCUT2D eigenvalue weighted by Crippen LogP contribution is 2.55. The molecule has 2 aliphatic carbocycles. The molecule has 12 rings (SSSR count). The van der Waals surface area contributed by atoms with E-state index in [1.54, 1.807) is 0 Å². The van der Waals surface area contributed by atoms with Gasteiger partial charge >= 0.3 is 0 Å². The maximum Gasteiger partial charge on any atom is 0.297 e. The van der Waals surface area contributed by atoms with E-state index < -0.39 is 8.07 Å². The first kappa shape index (κ1) is 52.5. The lowest BCUT2D eigenvalue weighted by Crippen LogP contribution is -2.61. The van der Waals surface area contributed by atoms with Crippen molar-refractivity contribution in [2.75, 3.05) is 14.7 Å². The van der Waals surface area contributed by atoms with Gasteiger partial charge in [0.1, 0.15) is 5.58 Å². The van der Waals surface area contributed by atoms with Gasteiger partial charge in [-0.1, -0.05) is 182 Å². The Morgan fingerprint density at radius 1 is 0.500 bits per heavy atom. The maximum atomic E-state index is 7.61. The van der Waals surface area contributed by atoms with Crippen molar-refractivity contribution in [2.45, 2.75) is 182 Å². The molecule has 0 N–H and O–H groups in total. The minimum absolute atomic E-state index is 0.00881. The van der Waals surface area contributed by atoms with E-state index in [1.165, 1.54) is 84.2 Å². The van der Waals surface area contributed by atoms with Crippen molar-refractivity contribution in [1.29, 1.82) is 0 Å². The summed E-state index contributed by atoms with van der Waals surface area (Å²) >= 11 is 0. The fraction of sp³-hybridized carbons (Fsp3) is 0.389. The van der Waals surface area contributed by atoms with E-state index in [1.807, 2.05) is 0 Å². The Morgan fingerprint density at radius 2 is 1.00 bits per heavy atom. The Bertz CT molecular complexity index is 3710. The summed E-state index contributed by atoms with van der Waals surface area (Å²) in [6.45, 7) is 43.3. The van der Waals surface area contributed by atoms with Crippen LogP contribution in [-0.2, 0) is 32.5 Å². The Balaban J connectivity index is 1.26. The predicted molar refractivity (Wildman–Crippen MR) is 341 cm³/mol. The molecule has 0 amide bonds. The van der Waals surface area contributed by atoms with Gasteiger partial charge in [-0.2, -0.15) is 0 Å². The zero-order valence-corrected chi connectivity index (χ0v) is 51.4. The van der Waals surface area contributed by atoms with E-state index in [0.29, 0.717) is 0 Å². The Morgan fingerprint density at radius 3 is 1.55 bits per heavy atom. The molecule has 8 aromatic rings. The van der Waals surface area contributed by atoms with Crippen molar-refractivity contribution in [3.63, 3.8) is 0 Å². The molecule has 3 heterocycles. The molecule has 0 spiro atoms. The van der Waals surface area contributed by atoms with Gasteiger partial charge < -0.3 is 19.1 Å². The molecular weight excluding hydrogens is 962 g/mol. The molecule has 1 aromatic heterocycles. The minimum Gasteiger partial charge on any atom is -0.468 e. The lowest BCUT2D eigenvalue weighted by atomic mass is 9.35. The SMILES string of the molecule is Cc1cc2c(cc1N1c3cc4c(cc3B3c5oc6ccc(C(C)(C)C)cc6c5N(c5ccc(C(C)(C)C)cc5)c5cc(N(c6ccccc6)c6ccc([Si](C)(C)C)cc6)cc1c53)C(C)(C)CCC4(C)C)C(C)(C)CCC2(C)C. The van der Waals surface area contributed by atoms with Crippen LogP contribution in [0.4, 0.5) is 51.2 Å². The van der Waals surface area contributed by atoms with Crippen LogP contribution in [0.1, 0.15) is 162 Å². The molecular formula is C72H84BN3OSi. The van der Waals surface area contributed by atoms with Crippen LogP contribution in [0.3, 0.4) is 0 Å². The van der Waals surface area contributed by atoms with Gasteiger partial charge in [0.25, 0.3) is 6.71 Å². The number of aryl methyl sites for hydroxylation is 1. The van der Waals surface area contributed by atoms with Crippen LogP contribution in [0.15, 0.2) is 138 Å². The molecule has 0 saturated heterocycles. The largest absolute Gasteiger partial charge is 0.468 e. The lowest BCUT2D eigenvalue weighted by Gasteiger charge is -2.48. The quantitative estimate of drug-likeness (QED) is 0.155. The smallest absolute Gasteiger partial charge is 0.297 e. The highest BCUT2D eigenvalue weighted by atomic mass is 28.3. The molecule has 0 saturated carbocycles. The van der Waals surface area contributed by atoms with Crippen molar-refractivity contribution in [2.24, 2.45) is 0 Å². The number of hydrogen-bond donors (Lipinski definition) is 0. The fourth-order valence-electron chi connectivity index (χ4n) is 13.8. The van der Waals surface area contributed by atoms with Crippen molar-refractivity contribution in [3.8, 4) is 0 Å². The molecule has 0 fully saturated rings. The molecule has 78 heavy (non-hydrogen) atoms. The second kappa shape index (κ2) is 17.4. The fourth-order valence-corrected chi connectivity index (χ4v) is 15.0. The first-order chi connectivity index (χ1) is 36.4. The average molecular weight is 1050 g/mol. The van der Waals surface area contributed by atoms with Crippen molar-refractivity contribution in [1.82, 2.24) is 0 Å². The summed E-state index contributed by atoms with van der Waals surface area (Å²) in [7, 11) is -1.60. The highest BCUT2D eigenvalue weighted by molar-refractivity contribution is 7.00. The lowest BCUT2D eigenvalue weighted by molar-refractivity contribution is 0.331. The van der Waals surface area contributed by atoms with Crippen LogP contribution in [0.2, 0.25) is 19.6 Å². The monoisotopic (exact) mass is 1050 g/mol. The van der Waals surface area contributed by atoms with E-state index in [2.05, 4.69) is 272 Å². The molecule has 6 heteroatoms. The molecule has 0 radical (unpaired) electrons. The number of hydrogen-bond acceptors (Lipinski definition) is 4. The summed E-state index contributed by atoms with van der Waals surface area (Å²) < 4.78 is 7.61. The number of furan rings is 1. The van der Waals surface area contributed by atoms with E-state index in [9.17, 15) is 0 Å². The van der Waals surface area contributed by atoms with Gasteiger partial charge in [0.05, 0.1) is 25.1 Å². The molecule has 0 bridgehead atoms. The van der Waals surface area contributed by atoms with Gasteiger partial charge in [0.2, 0.25) is 0 Å². The summed E-state index contributed by atoms with van der Waals surface area (Å²) in [6, 6.07) is 52.6. The standard InChI is InChI=1S/C72H84BN3OSi/c1-45-38-54-56(71(12,13)36-34-69(54,8)9)43-59(45)76-60-44-57-55(70(10,11)35-37-72(57,14)15)42-58(60)73-64-61(40-51(41-62(64)76)74(48-22-20-19-21-23-48)49-29-31-52(32-30-49)78(16,17)18)75(50-27-24-46(25-28-50)67(2,3)4)65-53-39-47(68(5,6)7)26-33-63(53)77-66(65)73/h19-33,38-44H,34-37H2,1-18H3. The zero-order valence-electron chi connectivity index (χ0n) is 50.4. The van der Waals surface area contributed by atoms with Crippen LogP contribution in [0, 0.1) is 6.92 Å². The second-order valence-electron chi connectivity index (χ2n) is 29.7. The summed E-state index contributed by atoms with van der Waals surface area (Å²) in [5.74, 6) is 0. The zero-order chi connectivity index (χ0) is 55.6. The van der Waals surface area contributed by atoms with Crippen LogP contribution in [0.25, 0.3) is 11.0 Å². The van der Waals surface area contributed by atoms with Gasteiger partial charge in [0.15, 0.2) is 0 Å². The van der Waals surface area contributed by atoms with Gasteiger partial charge in [0, 0.05) is 45.2 Å². The van der Waals surface area contributed by atoms with Crippen molar-refractivity contribution >= 4 is 98.7 Å². The van der Waals surface area contributed by atoms with Gasteiger partial charge in [-0.3, -0.25) is 0 Å². The number of nitrogens with zero attached hydrogens (tertiary/aromatic N) is 3. The Kier molecular flexibility index (Phi) is 11.7. The molecule has 4 aliphatic rings. The van der Waals surface area contributed by atoms with E-state index >= 15 is 0 Å². The highest BCUT2D eigenvalue weighted by Gasteiger charge is 2.50.